The quantitative estimate of drug-likeness (QED) is 0.455. The number of nitrogens with one attached hydrogen (secondary N) is 1. The van der Waals surface area contributed by atoms with Crippen molar-refractivity contribution in [1.29, 1.82) is 0 Å². The van der Waals surface area contributed by atoms with E-state index < -0.39 is 0 Å². The van der Waals surface area contributed by atoms with Gasteiger partial charge in [-0.3, -0.25) is 0 Å². The maximum atomic E-state index is 5.99. The molecule has 0 saturated carbocycles. The number of likely N-dealkylation sites (tertiary alicyclic amines) is 1. The number of guanidine groups is 1. The van der Waals surface area contributed by atoms with Crippen LogP contribution in [-0.2, 0) is 6.42 Å². The first kappa shape index (κ1) is 18.4. The van der Waals surface area contributed by atoms with E-state index in [9.17, 15) is 0 Å². The second-order valence-corrected chi connectivity index (χ2v) is 6.42. The summed E-state index contributed by atoms with van der Waals surface area (Å²) >= 11 is 0. The van der Waals surface area contributed by atoms with Crippen LogP contribution in [0.25, 0.3) is 0 Å². The van der Waals surface area contributed by atoms with E-state index in [1.807, 2.05) is 6.07 Å². The van der Waals surface area contributed by atoms with Gasteiger partial charge in [0.05, 0.1) is 6.54 Å². The molecule has 1 unspecified atom stereocenters. The van der Waals surface area contributed by atoms with Crippen LogP contribution in [0, 0.1) is 5.92 Å². The van der Waals surface area contributed by atoms with E-state index in [-0.39, 0.29) is 30.1 Å². The summed E-state index contributed by atoms with van der Waals surface area (Å²) in [6.45, 7) is 8.33. The molecule has 0 spiro atoms. The fourth-order valence-electron chi connectivity index (χ4n) is 3.19. The van der Waals surface area contributed by atoms with Crippen LogP contribution in [0.4, 0.5) is 0 Å². The molecular weight excluding hydrogens is 401 g/mol. The molecule has 2 heterocycles. The van der Waals surface area contributed by atoms with Crippen molar-refractivity contribution in [1.82, 2.24) is 10.2 Å². The Labute approximate surface area is 156 Å². The maximum absolute atomic E-state index is 5.99. The van der Waals surface area contributed by atoms with Crippen molar-refractivity contribution in [2.24, 2.45) is 10.9 Å². The van der Waals surface area contributed by atoms with E-state index in [1.54, 1.807) is 0 Å². The van der Waals surface area contributed by atoms with Crippen LogP contribution >= 0.6 is 24.0 Å². The van der Waals surface area contributed by atoms with Crippen molar-refractivity contribution < 1.29 is 4.74 Å². The number of hydrogen-bond acceptors (Lipinski definition) is 2. The Morgan fingerprint density at radius 3 is 2.74 bits per heavy atom. The molecule has 1 aromatic carbocycles. The fourth-order valence-corrected chi connectivity index (χ4v) is 3.19. The van der Waals surface area contributed by atoms with Gasteiger partial charge in [-0.25, -0.2) is 4.99 Å². The summed E-state index contributed by atoms with van der Waals surface area (Å²) in [6, 6.07) is 8.31. The summed E-state index contributed by atoms with van der Waals surface area (Å²) in [5, 5.41) is 3.43. The normalized spacial score (nSPS) is 21.4. The molecule has 0 amide bonds. The summed E-state index contributed by atoms with van der Waals surface area (Å²) in [4.78, 5) is 7.23. The number of halogens is 1. The zero-order valence-electron chi connectivity index (χ0n) is 14.1. The average Bonchev–Trinajstić information content (AvgIpc) is 2.95. The SMILES string of the molecule is CCNC(=NCC1Cc2ccccc2O1)N1CCC(C)CC1.I. The Kier molecular flexibility index (Phi) is 6.99. The van der Waals surface area contributed by atoms with Crippen molar-refractivity contribution in [2.75, 3.05) is 26.2 Å². The highest BCUT2D eigenvalue weighted by molar-refractivity contribution is 14.0. The molecular formula is C18H28IN3O. The molecule has 0 aliphatic carbocycles. The molecule has 1 fully saturated rings. The first-order chi connectivity index (χ1) is 10.8. The molecule has 1 N–H and O–H groups in total. The molecule has 2 aliphatic heterocycles. The molecule has 1 saturated heterocycles. The van der Waals surface area contributed by atoms with Gasteiger partial charge in [0.15, 0.2) is 5.96 Å². The fraction of sp³-hybridized carbons (Fsp3) is 0.611. The third-order valence-corrected chi connectivity index (χ3v) is 4.58. The zero-order chi connectivity index (χ0) is 15.4. The molecule has 1 aromatic rings. The first-order valence-corrected chi connectivity index (χ1v) is 8.54. The van der Waals surface area contributed by atoms with E-state index in [1.165, 1.54) is 18.4 Å². The molecule has 1 atom stereocenters. The standard InChI is InChI=1S/C18H27N3O.HI/c1-3-19-18(21-10-8-14(2)9-11-21)20-13-16-12-15-6-4-5-7-17(15)22-16;/h4-7,14,16H,3,8-13H2,1-2H3,(H,19,20);1H. The minimum Gasteiger partial charge on any atom is -0.488 e. The highest BCUT2D eigenvalue weighted by Crippen LogP contribution is 2.28. The largest absolute Gasteiger partial charge is 0.488 e. The van der Waals surface area contributed by atoms with Gasteiger partial charge in [-0.05, 0) is 37.3 Å². The second kappa shape index (κ2) is 8.76. The van der Waals surface area contributed by atoms with Gasteiger partial charge in [-0.1, -0.05) is 25.1 Å². The lowest BCUT2D eigenvalue weighted by molar-refractivity contribution is 0.238. The van der Waals surface area contributed by atoms with Gasteiger partial charge < -0.3 is 15.0 Å². The first-order valence-electron chi connectivity index (χ1n) is 8.54. The highest BCUT2D eigenvalue weighted by atomic mass is 127. The Hall–Kier alpha value is -0.980. The van der Waals surface area contributed by atoms with Crippen LogP contribution in [-0.4, -0.2) is 43.1 Å². The summed E-state index contributed by atoms with van der Waals surface area (Å²) < 4.78 is 5.99. The molecule has 2 aliphatic rings. The summed E-state index contributed by atoms with van der Waals surface area (Å²) in [5.74, 6) is 2.92. The lowest BCUT2D eigenvalue weighted by Gasteiger charge is -2.33. The summed E-state index contributed by atoms with van der Waals surface area (Å²) in [6.07, 6.45) is 3.66. The monoisotopic (exact) mass is 429 g/mol. The van der Waals surface area contributed by atoms with Crippen LogP contribution in [0.1, 0.15) is 32.3 Å². The number of ether oxygens (including phenoxy) is 1. The van der Waals surface area contributed by atoms with Gasteiger partial charge in [-0.15, -0.1) is 24.0 Å². The summed E-state index contributed by atoms with van der Waals surface area (Å²) in [5.41, 5.74) is 1.31. The Bertz CT molecular complexity index is 502. The van der Waals surface area contributed by atoms with Crippen LogP contribution in [0.5, 0.6) is 5.75 Å². The molecule has 5 heteroatoms. The van der Waals surface area contributed by atoms with E-state index in [4.69, 9.17) is 9.73 Å². The highest BCUT2D eigenvalue weighted by Gasteiger charge is 2.23. The number of rotatable bonds is 3. The lowest BCUT2D eigenvalue weighted by Crippen LogP contribution is -2.45. The minimum absolute atomic E-state index is 0. The van der Waals surface area contributed by atoms with E-state index in [0.29, 0.717) is 0 Å². The average molecular weight is 429 g/mol. The number of nitrogens with zero attached hydrogens (tertiary/aromatic N) is 2. The van der Waals surface area contributed by atoms with Gasteiger partial charge in [0.2, 0.25) is 0 Å². The number of piperidine rings is 1. The van der Waals surface area contributed by atoms with Crippen molar-refractivity contribution in [2.45, 2.75) is 39.2 Å². The van der Waals surface area contributed by atoms with Gasteiger partial charge in [0, 0.05) is 26.1 Å². The molecule has 0 aromatic heterocycles. The Morgan fingerprint density at radius 1 is 1.30 bits per heavy atom. The Morgan fingerprint density at radius 2 is 2.04 bits per heavy atom. The third-order valence-electron chi connectivity index (χ3n) is 4.58. The topological polar surface area (TPSA) is 36.9 Å². The molecule has 3 rings (SSSR count). The second-order valence-electron chi connectivity index (χ2n) is 6.42. The van der Waals surface area contributed by atoms with Crippen LogP contribution in [0.2, 0.25) is 0 Å². The number of hydrogen-bond donors (Lipinski definition) is 1. The van der Waals surface area contributed by atoms with Crippen LogP contribution < -0.4 is 10.1 Å². The van der Waals surface area contributed by atoms with Crippen molar-refractivity contribution in [3.05, 3.63) is 29.8 Å². The predicted molar refractivity (Wildman–Crippen MR) is 106 cm³/mol. The number of para-hydroxylation sites is 1. The van der Waals surface area contributed by atoms with Crippen LogP contribution in [0.3, 0.4) is 0 Å². The number of aliphatic imine (C=N–C) groups is 1. The van der Waals surface area contributed by atoms with E-state index in [2.05, 4.69) is 42.3 Å². The molecule has 0 bridgehead atoms. The van der Waals surface area contributed by atoms with E-state index in [0.717, 1.165) is 50.2 Å². The third kappa shape index (κ3) is 4.75. The van der Waals surface area contributed by atoms with Gasteiger partial charge in [0.25, 0.3) is 0 Å². The Balaban J connectivity index is 0.00000192. The minimum atomic E-state index is 0. The van der Waals surface area contributed by atoms with Gasteiger partial charge >= 0.3 is 0 Å². The van der Waals surface area contributed by atoms with Gasteiger partial charge in [0.1, 0.15) is 11.9 Å². The number of benzene rings is 1. The number of fused-ring (bicyclic) bond motifs is 1. The van der Waals surface area contributed by atoms with Crippen molar-refractivity contribution in [3.8, 4) is 5.75 Å². The van der Waals surface area contributed by atoms with Gasteiger partial charge in [-0.2, -0.15) is 0 Å². The lowest BCUT2D eigenvalue weighted by atomic mass is 10.00. The van der Waals surface area contributed by atoms with Crippen molar-refractivity contribution in [3.63, 3.8) is 0 Å². The smallest absolute Gasteiger partial charge is 0.194 e. The van der Waals surface area contributed by atoms with Crippen molar-refractivity contribution >= 4 is 29.9 Å². The molecule has 0 radical (unpaired) electrons. The molecule has 4 nitrogen and oxygen atoms in total. The predicted octanol–water partition coefficient (Wildman–Crippen LogP) is 3.31. The summed E-state index contributed by atoms with van der Waals surface area (Å²) in [7, 11) is 0. The van der Waals surface area contributed by atoms with Crippen LogP contribution in [0.15, 0.2) is 29.3 Å². The zero-order valence-corrected chi connectivity index (χ0v) is 16.5. The van der Waals surface area contributed by atoms with E-state index >= 15 is 0 Å². The maximum Gasteiger partial charge on any atom is 0.194 e. The molecule has 128 valence electrons. The molecule has 23 heavy (non-hydrogen) atoms.